The minimum Gasteiger partial charge on any atom is -0.423 e. The van der Waals surface area contributed by atoms with Crippen LogP contribution < -0.4 is 16.0 Å². The van der Waals surface area contributed by atoms with Crippen molar-refractivity contribution in [3.05, 3.63) is 94.3 Å². The molecule has 0 aliphatic carbocycles. The average molecular weight is 489 g/mol. The summed E-state index contributed by atoms with van der Waals surface area (Å²) in [6.07, 6.45) is 1.52. The van der Waals surface area contributed by atoms with Crippen molar-refractivity contribution < 1.29 is 14.3 Å². The SMILES string of the molecule is CC1=C(C(=O)Nc2cc(CO)ccn2)C(c2ccccc2Cl)N=C(Nc2nc3ccccc3o2)N1. The number of aromatic nitrogens is 2. The van der Waals surface area contributed by atoms with E-state index in [1.165, 1.54) is 6.20 Å². The maximum Gasteiger partial charge on any atom is 0.302 e. The summed E-state index contributed by atoms with van der Waals surface area (Å²) < 4.78 is 5.75. The van der Waals surface area contributed by atoms with E-state index in [-0.39, 0.29) is 12.6 Å². The van der Waals surface area contributed by atoms with Gasteiger partial charge < -0.3 is 20.2 Å². The zero-order valence-electron chi connectivity index (χ0n) is 18.6. The van der Waals surface area contributed by atoms with Crippen LogP contribution in [0.25, 0.3) is 11.1 Å². The van der Waals surface area contributed by atoms with Crippen LogP contribution in [0.2, 0.25) is 5.02 Å². The van der Waals surface area contributed by atoms with Gasteiger partial charge in [0, 0.05) is 22.5 Å². The number of pyridine rings is 1. The summed E-state index contributed by atoms with van der Waals surface area (Å²) in [6.45, 7) is 1.62. The number of hydrogen-bond donors (Lipinski definition) is 4. The molecule has 0 radical (unpaired) electrons. The number of halogens is 1. The predicted octanol–water partition coefficient (Wildman–Crippen LogP) is 4.39. The third kappa shape index (κ3) is 4.72. The molecule has 1 unspecified atom stereocenters. The Morgan fingerprint density at radius 1 is 1.17 bits per heavy atom. The van der Waals surface area contributed by atoms with Crippen LogP contribution in [0.1, 0.15) is 24.1 Å². The Labute approximate surface area is 205 Å². The number of para-hydroxylation sites is 2. The number of nitrogens with zero attached hydrogens (tertiary/aromatic N) is 3. The van der Waals surface area contributed by atoms with Crippen molar-refractivity contribution in [1.82, 2.24) is 15.3 Å². The molecule has 0 spiro atoms. The van der Waals surface area contributed by atoms with Gasteiger partial charge in [0.05, 0.1) is 12.2 Å². The van der Waals surface area contributed by atoms with E-state index >= 15 is 0 Å². The molecule has 176 valence electrons. The molecule has 35 heavy (non-hydrogen) atoms. The van der Waals surface area contributed by atoms with Crippen molar-refractivity contribution in [3.8, 4) is 0 Å². The number of carbonyl (C=O) groups is 1. The molecular formula is C25H21ClN6O3. The molecule has 0 fully saturated rings. The second-order valence-electron chi connectivity index (χ2n) is 7.84. The Morgan fingerprint density at radius 2 is 1.97 bits per heavy atom. The average Bonchev–Trinajstić information content (AvgIpc) is 3.26. The number of amides is 1. The fraction of sp³-hybridized carbons (Fsp3) is 0.120. The highest BCUT2D eigenvalue weighted by atomic mass is 35.5. The van der Waals surface area contributed by atoms with Crippen molar-refractivity contribution in [2.75, 3.05) is 10.6 Å². The van der Waals surface area contributed by atoms with Crippen molar-refractivity contribution >= 4 is 46.4 Å². The van der Waals surface area contributed by atoms with E-state index in [2.05, 4.69) is 25.9 Å². The lowest BCUT2D eigenvalue weighted by Gasteiger charge is -2.26. The molecule has 2 aromatic carbocycles. The quantitative estimate of drug-likeness (QED) is 0.328. The Bertz CT molecular complexity index is 1450. The van der Waals surface area contributed by atoms with Gasteiger partial charge in [0.25, 0.3) is 5.91 Å². The van der Waals surface area contributed by atoms with Gasteiger partial charge in [0.15, 0.2) is 5.58 Å². The van der Waals surface area contributed by atoms with E-state index in [0.29, 0.717) is 50.3 Å². The van der Waals surface area contributed by atoms with E-state index in [9.17, 15) is 9.90 Å². The van der Waals surface area contributed by atoms with Gasteiger partial charge in [-0.1, -0.05) is 41.9 Å². The van der Waals surface area contributed by atoms with Crippen molar-refractivity contribution in [1.29, 1.82) is 0 Å². The molecule has 1 atom stereocenters. The number of allylic oxidation sites excluding steroid dienone is 1. The lowest BCUT2D eigenvalue weighted by Crippen LogP contribution is -2.37. The number of guanidine groups is 1. The molecule has 2 aromatic heterocycles. The Hall–Kier alpha value is -4.21. The third-order valence-corrected chi connectivity index (χ3v) is 5.80. The molecule has 1 amide bonds. The van der Waals surface area contributed by atoms with E-state index in [4.69, 9.17) is 21.0 Å². The second-order valence-corrected chi connectivity index (χ2v) is 8.25. The molecule has 1 aliphatic rings. The van der Waals surface area contributed by atoms with Crippen LogP contribution in [0.3, 0.4) is 0 Å². The van der Waals surface area contributed by atoms with Gasteiger partial charge in [0.1, 0.15) is 17.4 Å². The molecule has 0 saturated carbocycles. The molecule has 9 nitrogen and oxygen atoms in total. The maximum atomic E-state index is 13.4. The van der Waals surface area contributed by atoms with E-state index in [0.717, 1.165) is 0 Å². The first-order valence-electron chi connectivity index (χ1n) is 10.8. The van der Waals surface area contributed by atoms with Crippen LogP contribution in [0.4, 0.5) is 11.8 Å². The predicted molar refractivity (Wildman–Crippen MR) is 134 cm³/mol. The summed E-state index contributed by atoms with van der Waals surface area (Å²) in [5.41, 5.74) is 3.58. The molecule has 0 saturated heterocycles. The van der Waals surface area contributed by atoms with Gasteiger partial charge in [-0.15, -0.1) is 0 Å². The normalized spacial score (nSPS) is 15.5. The van der Waals surface area contributed by atoms with Crippen LogP contribution in [-0.2, 0) is 11.4 Å². The van der Waals surface area contributed by atoms with Gasteiger partial charge in [-0.3, -0.25) is 10.1 Å². The number of nitrogens with one attached hydrogen (secondary N) is 3. The fourth-order valence-electron chi connectivity index (χ4n) is 3.81. The summed E-state index contributed by atoms with van der Waals surface area (Å²) in [7, 11) is 0. The zero-order chi connectivity index (χ0) is 24.4. The van der Waals surface area contributed by atoms with Gasteiger partial charge >= 0.3 is 6.01 Å². The summed E-state index contributed by atoms with van der Waals surface area (Å²) in [4.78, 5) is 26.7. The highest BCUT2D eigenvalue weighted by molar-refractivity contribution is 6.31. The van der Waals surface area contributed by atoms with E-state index < -0.39 is 11.9 Å². The van der Waals surface area contributed by atoms with Gasteiger partial charge in [-0.05, 0) is 42.8 Å². The highest BCUT2D eigenvalue weighted by Gasteiger charge is 2.31. The fourth-order valence-corrected chi connectivity index (χ4v) is 4.05. The topological polar surface area (TPSA) is 125 Å². The third-order valence-electron chi connectivity index (χ3n) is 5.45. The summed E-state index contributed by atoms with van der Waals surface area (Å²) >= 11 is 6.50. The van der Waals surface area contributed by atoms with Crippen LogP contribution in [0.15, 0.2) is 87.5 Å². The standard InChI is InChI=1S/C25H21ClN6O3/c1-14-21(23(34)30-20-12-15(13-33)10-11-27-20)22(16-6-2-3-7-17(16)26)31-24(28-14)32-25-29-18-8-4-5-9-19(18)35-25/h2-12,22,33H,13H2,1H3,(H,27,30,34)(H2,28,29,31,32). The van der Waals surface area contributed by atoms with Crippen molar-refractivity contribution in [2.45, 2.75) is 19.6 Å². The first-order valence-corrected chi connectivity index (χ1v) is 11.2. The molecular weight excluding hydrogens is 468 g/mol. The monoisotopic (exact) mass is 488 g/mol. The smallest absolute Gasteiger partial charge is 0.302 e. The molecule has 0 bridgehead atoms. The zero-order valence-corrected chi connectivity index (χ0v) is 19.4. The Morgan fingerprint density at radius 3 is 2.77 bits per heavy atom. The summed E-state index contributed by atoms with van der Waals surface area (Å²) in [6, 6.07) is 17.5. The highest BCUT2D eigenvalue weighted by Crippen LogP contribution is 2.35. The minimum absolute atomic E-state index is 0.161. The summed E-state index contributed by atoms with van der Waals surface area (Å²) in [5.74, 6) is 0.280. The first kappa shape index (κ1) is 22.6. The van der Waals surface area contributed by atoms with Crippen molar-refractivity contribution in [3.63, 3.8) is 0 Å². The molecule has 5 rings (SSSR count). The second kappa shape index (κ2) is 9.57. The Kier molecular flexibility index (Phi) is 6.17. The molecule has 10 heteroatoms. The van der Waals surface area contributed by atoms with Crippen LogP contribution >= 0.6 is 11.6 Å². The molecule has 4 aromatic rings. The summed E-state index contributed by atoms with van der Waals surface area (Å²) in [5, 5.41) is 18.8. The number of benzene rings is 2. The Balaban J connectivity index is 1.48. The van der Waals surface area contributed by atoms with Crippen LogP contribution in [0, 0.1) is 0 Å². The molecule has 1 aliphatic heterocycles. The number of oxazole rings is 1. The van der Waals surface area contributed by atoms with E-state index in [1.54, 1.807) is 25.1 Å². The minimum atomic E-state index is -0.710. The number of rotatable bonds is 5. The number of aliphatic imine (C=N–C) groups is 1. The largest absolute Gasteiger partial charge is 0.423 e. The molecule has 3 heterocycles. The van der Waals surface area contributed by atoms with E-state index in [1.807, 2.05) is 42.5 Å². The van der Waals surface area contributed by atoms with Crippen LogP contribution in [-0.4, -0.2) is 26.9 Å². The number of aliphatic hydroxyl groups is 1. The first-order chi connectivity index (χ1) is 17.0. The lowest BCUT2D eigenvalue weighted by molar-refractivity contribution is -0.113. The van der Waals surface area contributed by atoms with Gasteiger partial charge in [0.2, 0.25) is 5.96 Å². The van der Waals surface area contributed by atoms with Gasteiger partial charge in [-0.25, -0.2) is 9.98 Å². The number of anilines is 2. The lowest BCUT2D eigenvalue weighted by atomic mass is 9.95. The van der Waals surface area contributed by atoms with Crippen LogP contribution in [0.5, 0.6) is 0 Å². The number of hydrogen-bond acceptors (Lipinski definition) is 8. The number of aliphatic hydroxyl groups excluding tert-OH is 1. The maximum absolute atomic E-state index is 13.4. The van der Waals surface area contributed by atoms with Gasteiger partial charge in [-0.2, -0.15) is 4.98 Å². The van der Waals surface area contributed by atoms with Crippen molar-refractivity contribution in [2.24, 2.45) is 4.99 Å². The molecule has 4 N–H and O–H groups in total. The number of fused-ring (bicyclic) bond motifs is 1. The number of carbonyl (C=O) groups excluding carboxylic acids is 1.